The van der Waals surface area contributed by atoms with Crippen molar-refractivity contribution in [3.8, 4) is 0 Å². The van der Waals surface area contributed by atoms with Crippen molar-refractivity contribution in [3.63, 3.8) is 0 Å². The molecular formula is C34H68N2. The molecule has 0 aliphatic carbocycles. The van der Waals surface area contributed by atoms with Crippen LogP contribution in [0.4, 0.5) is 0 Å². The molecule has 2 heteroatoms. The molecule has 1 heterocycles. The molecule has 0 N–H and O–H groups in total. The fourth-order valence-corrected chi connectivity index (χ4v) is 5.92. The molecule has 0 aromatic carbocycles. The van der Waals surface area contributed by atoms with Crippen molar-refractivity contribution >= 4 is 0 Å². The molecule has 0 spiro atoms. The van der Waals surface area contributed by atoms with Crippen LogP contribution in [0.25, 0.3) is 0 Å². The highest BCUT2D eigenvalue weighted by atomic mass is 15.4. The Morgan fingerprint density at radius 3 is 0.861 bits per heavy atom. The molecule has 1 aliphatic rings. The first-order chi connectivity index (χ1) is 17.8. The Balaban J connectivity index is 1.91. The maximum atomic E-state index is 2.62. The van der Waals surface area contributed by atoms with Gasteiger partial charge in [-0.3, -0.25) is 0 Å². The highest BCUT2D eigenvalue weighted by Gasteiger charge is 2.23. The molecular weight excluding hydrogens is 436 g/mol. The van der Waals surface area contributed by atoms with Crippen LogP contribution in [0, 0.1) is 0 Å². The van der Waals surface area contributed by atoms with E-state index in [0.717, 1.165) is 0 Å². The van der Waals surface area contributed by atoms with Crippen LogP contribution in [-0.4, -0.2) is 29.1 Å². The van der Waals surface area contributed by atoms with Gasteiger partial charge >= 0.3 is 0 Å². The third-order valence-electron chi connectivity index (χ3n) is 8.37. The maximum Gasteiger partial charge on any atom is 0.100 e. The molecule has 0 bridgehead atoms. The van der Waals surface area contributed by atoms with Gasteiger partial charge in [0.05, 0.1) is 0 Å². The van der Waals surface area contributed by atoms with Crippen molar-refractivity contribution in [1.82, 2.24) is 9.80 Å². The molecule has 1 unspecified atom stereocenters. The van der Waals surface area contributed by atoms with E-state index < -0.39 is 0 Å². The molecule has 0 fully saturated rings. The van der Waals surface area contributed by atoms with Gasteiger partial charge in [0.2, 0.25) is 0 Å². The molecule has 0 aromatic heterocycles. The minimum Gasteiger partial charge on any atom is -0.356 e. The summed E-state index contributed by atoms with van der Waals surface area (Å²) in [5.41, 5.74) is 0. The first-order valence-electron chi connectivity index (χ1n) is 17.0. The second-order valence-electron chi connectivity index (χ2n) is 11.8. The van der Waals surface area contributed by atoms with Gasteiger partial charge in [0.1, 0.15) is 6.17 Å². The Hall–Kier alpha value is -0.660. The highest BCUT2D eigenvalue weighted by Crippen LogP contribution is 2.21. The Kier molecular flexibility index (Phi) is 24.1. The largest absolute Gasteiger partial charge is 0.356 e. The monoisotopic (exact) mass is 505 g/mol. The van der Waals surface area contributed by atoms with Gasteiger partial charge in [0, 0.05) is 25.5 Å². The van der Waals surface area contributed by atoms with Crippen molar-refractivity contribution in [2.75, 3.05) is 13.1 Å². The predicted octanol–water partition coefficient (Wildman–Crippen LogP) is 11.6. The van der Waals surface area contributed by atoms with Gasteiger partial charge in [-0.2, -0.15) is 0 Å². The second kappa shape index (κ2) is 26.0. The summed E-state index contributed by atoms with van der Waals surface area (Å²) in [5.74, 6) is 0. The molecule has 1 aliphatic heterocycles. The summed E-state index contributed by atoms with van der Waals surface area (Å²) in [6.07, 6.45) is 42.6. The normalized spacial score (nSPS) is 15.5. The summed E-state index contributed by atoms with van der Waals surface area (Å²) in [6, 6.07) is 0. The number of hydrogen-bond donors (Lipinski definition) is 0. The third-order valence-corrected chi connectivity index (χ3v) is 8.37. The van der Waals surface area contributed by atoms with Gasteiger partial charge in [-0.15, -0.1) is 0 Å². The summed E-state index contributed by atoms with van der Waals surface area (Å²) >= 11 is 0. The molecule has 0 aromatic rings. The Morgan fingerprint density at radius 2 is 0.611 bits per heavy atom. The van der Waals surface area contributed by atoms with Crippen LogP contribution in [0.2, 0.25) is 0 Å². The Labute approximate surface area is 229 Å². The number of unbranched alkanes of at least 4 members (excludes halogenated alkanes) is 23. The van der Waals surface area contributed by atoms with Gasteiger partial charge in [-0.05, 0) is 19.3 Å². The van der Waals surface area contributed by atoms with Crippen LogP contribution in [0.1, 0.15) is 188 Å². The van der Waals surface area contributed by atoms with E-state index in [9.17, 15) is 0 Å². The van der Waals surface area contributed by atoms with Crippen LogP contribution in [-0.2, 0) is 0 Å². The molecule has 36 heavy (non-hydrogen) atoms. The third kappa shape index (κ3) is 18.6. The standard InChI is InChI=1S/C34H68N2/c1-4-7-9-11-13-15-17-19-21-23-25-27-29-31-36-33-32-35(34(36)6-3)30-28-26-24-22-20-18-16-14-12-10-8-5-2/h32-34H,4-31H2,1-3H3. The zero-order valence-electron chi connectivity index (χ0n) is 25.4. The van der Waals surface area contributed by atoms with E-state index in [0.29, 0.717) is 6.17 Å². The molecule has 1 rings (SSSR count). The van der Waals surface area contributed by atoms with E-state index in [2.05, 4.69) is 43.0 Å². The highest BCUT2D eigenvalue weighted by molar-refractivity contribution is 4.96. The fourth-order valence-electron chi connectivity index (χ4n) is 5.92. The molecule has 2 nitrogen and oxygen atoms in total. The van der Waals surface area contributed by atoms with Crippen molar-refractivity contribution in [3.05, 3.63) is 12.4 Å². The lowest BCUT2D eigenvalue weighted by molar-refractivity contribution is 0.144. The van der Waals surface area contributed by atoms with Crippen molar-refractivity contribution < 1.29 is 0 Å². The fraction of sp³-hybridized carbons (Fsp3) is 0.941. The zero-order chi connectivity index (χ0) is 25.9. The molecule has 0 amide bonds. The minimum atomic E-state index is 0.620. The lowest BCUT2D eigenvalue weighted by atomic mass is 10.0. The summed E-state index contributed by atoms with van der Waals surface area (Å²) < 4.78 is 0. The van der Waals surface area contributed by atoms with Crippen molar-refractivity contribution in [2.24, 2.45) is 0 Å². The van der Waals surface area contributed by atoms with E-state index >= 15 is 0 Å². The van der Waals surface area contributed by atoms with Crippen LogP contribution >= 0.6 is 0 Å². The summed E-state index contributed by atoms with van der Waals surface area (Å²) in [6.45, 7) is 9.48. The lowest BCUT2D eigenvalue weighted by Gasteiger charge is -2.32. The minimum absolute atomic E-state index is 0.620. The number of nitrogens with zero attached hydrogens (tertiary/aromatic N) is 2. The molecule has 0 saturated heterocycles. The van der Waals surface area contributed by atoms with Gasteiger partial charge in [-0.1, -0.05) is 168 Å². The second-order valence-corrected chi connectivity index (χ2v) is 11.8. The smallest absolute Gasteiger partial charge is 0.100 e. The summed E-state index contributed by atoms with van der Waals surface area (Å²) in [5, 5.41) is 0. The topological polar surface area (TPSA) is 6.48 Å². The average Bonchev–Trinajstić information content (AvgIpc) is 3.29. The van der Waals surface area contributed by atoms with E-state index in [1.165, 1.54) is 180 Å². The van der Waals surface area contributed by atoms with E-state index in [-0.39, 0.29) is 0 Å². The van der Waals surface area contributed by atoms with Gasteiger partial charge in [0.15, 0.2) is 0 Å². The Bertz CT molecular complexity index is 460. The van der Waals surface area contributed by atoms with Crippen LogP contribution in [0.3, 0.4) is 0 Å². The summed E-state index contributed by atoms with van der Waals surface area (Å²) in [4.78, 5) is 5.25. The van der Waals surface area contributed by atoms with Gasteiger partial charge < -0.3 is 9.80 Å². The molecule has 0 saturated carbocycles. The molecule has 1 atom stereocenters. The quantitative estimate of drug-likeness (QED) is 0.0977. The van der Waals surface area contributed by atoms with E-state index in [4.69, 9.17) is 0 Å². The van der Waals surface area contributed by atoms with Crippen LogP contribution < -0.4 is 0 Å². The van der Waals surface area contributed by atoms with Crippen molar-refractivity contribution in [2.45, 2.75) is 194 Å². The Morgan fingerprint density at radius 1 is 0.361 bits per heavy atom. The molecule has 0 radical (unpaired) electrons. The lowest BCUT2D eigenvalue weighted by Crippen LogP contribution is -2.38. The van der Waals surface area contributed by atoms with Gasteiger partial charge in [-0.25, -0.2) is 0 Å². The van der Waals surface area contributed by atoms with Crippen LogP contribution in [0.5, 0.6) is 0 Å². The first kappa shape index (κ1) is 33.4. The number of rotatable bonds is 28. The van der Waals surface area contributed by atoms with E-state index in [1.807, 2.05) is 0 Å². The summed E-state index contributed by atoms with van der Waals surface area (Å²) in [7, 11) is 0. The zero-order valence-corrected chi connectivity index (χ0v) is 25.4. The predicted molar refractivity (Wildman–Crippen MR) is 163 cm³/mol. The first-order valence-corrected chi connectivity index (χ1v) is 17.0. The average molecular weight is 505 g/mol. The molecule has 214 valence electrons. The SMILES string of the molecule is CCCCCCCCCCCCCCCN1C=CN(CCCCCCCCCCCCCC)C1CC. The van der Waals surface area contributed by atoms with Crippen molar-refractivity contribution in [1.29, 1.82) is 0 Å². The van der Waals surface area contributed by atoms with Crippen LogP contribution in [0.15, 0.2) is 12.4 Å². The maximum absolute atomic E-state index is 2.62. The van der Waals surface area contributed by atoms with Gasteiger partial charge in [0.25, 0.3) is 0 Å². The van der Waals surface area contributed by atoms with E-state index in [1.54, 1.807) is 0 Å². The number of hydrogen-bond acceptors (Lipinski definition) is 2.